The molecule has 8 heteroatoms. The van der Waals surface area contributed by atoms with Gasteiger partial charge in [-0.15, -0.1) is 0 Å². The second kappa shape index (κ2) is 8.09. The number of aryl methyl sites for hydroxylation is 1. The van der Waals surface area contributed by atoms with E-state index in [0.717, 1.165) is 60.6 Å². The second-order valence-corrected chi connectivity index (χ2v) is 8.29. The zero-order valence-electron chi connectivity index (χ0n) is 17.6. The first-order chi connectivity index (χ1) is 15.4. The molecule has 0 spiro atoms. The van der Waals surface area contributed by atoms with Gasteiger partial charge in [-0.05, 0) is 69.3 Å². The third kappa shape index (κ3) is 4.14. The standard InChI is InChI=1S/C24H23F3N4O/c1-15-21(30-23(32-15)17-6-8-18(9-7-17)24(25,26)27)14-31-12-10-16(11-13-31)22-28-19-4-2-3-5-20(19)29-22/h2-9,16H,10-14H2,1H3,(H,28,29). The highest BCUT2D eigenvalue weighted by Crippen LogP contribution is 2.32. The van der Waals surface area contributed by atoms with E-state index in [1.54, 1.807) is 0 Å². The summed E-state index contributed by atoms with van der Waals surface area (Å²) >= 11 is 0. The molecule has 1 saturated heterocycles. The third-order valence-corrected chi connectivity index (χ3v) is 6.11. The van der Waals surface area contributed by atoms with Crippen molar-refractivity contribution in [2.45, 2.75) is 38.4 Å². The predicted octanol–water partition coefficient (Wildman–Crippen LogP) is 5.92. The van der Waals surface area contributed by atoms with E-state index in [2.05, 4.69) is 14.9 Å². The Morgan fingerprint density at radius 3 is 2.44 bits per heavy atom. The first-order valence-electron chi connectivity index (χ1n) is 10.7. The van der Waals surface area contributed by atoms with Crippen molar-refractivity contribution in [3.05, 3.63) is 71.4 Å². The van der Waals surface area contributed by atoms with E-state index in [0.29, 0.717) is 29.7 Å². The summed E-state index contributed by atoms with van der Waals surface area (Å²) in [4.78, 5) is 15.1. The molecule has 1 fully saturated rings. The van der Waals surface area contributed by atoms with Gasteiger partial charge in [0.25, 0.3) is 0 Å². The highest BCUT2D eigenvalue weighted by Gasteiger charge is 2.30. The molecule has 0 unspecified atom stereocenters. The number of rotatable bonds is 4. The lowest BCUT2D eigenvalue weighted by atomic mass is 9.96. The molecule has 1 aliphatic rings. The number of halogens is 3. The summed E-state index contributed by atoms with van der Waals surface area (Å²) in [6, 6.07) is 13.0. The zero-order chi connectivity index (χ0) is 22.3. The predicted molar refractivity (Wildman–Crippen MR) is 115 cm³/mol. The van der Waals surface area contributed by atoms with Gasteiger partial charge in [-0.3, -0.25) is 4.90 Å². The lowest BCUT2D eigenvalue weighted by Crippen LogP contribution is -2.33. The summed E-state index contributed by atoms with van der Waals surface area (Å²) < 4.78 is 44.1. The number of piperidine rings is 1. The van der Waals surface area contributed by atoms with Crippen molar-refractivity contribution in [1.29, 1.82) is 0 Å². The Bertz CT molecular complexity index is 1190. The van der Waals surface area contributed by atoms with E-state index in [4.69, 9.17) is 9.40 Å². The van der Waals surface area contributed by atoms with Crippen molar-refractivity contribution in [3.63, 3.8) is 0 Å². The quantitative estimate of drug-likeness (QED) is 0.428. The monoisotopic (exact) mass is 440 g/mol. The summed E-state index contributed by atoms with van der Waals surface area (Å²) in [5, 5.41) is 0. The summed E-state index contributed by atoms with van der Waals surface area (Å²) in [5.41, 5.74) is 2.74. The molecule has 5 rings (SSSR count). The number of oxazole rings is 1. The van der Waals surface area contributed by atoms with Crippen LogP contribution in [0, 0.1) is 6.92 Å². The lowest BCUT2D eigenvalue weighted by molar-refractivity contribution is -0.137. The number of nitrogens with one attached hydrogen (secondary N) is 1. The van der Waals surface area contributed by atoms with Gasteiger partial charge in [-0.2, -0.15) is 13.2 Å². The van der Waals surface area contributed by atoms with E-state index in [1.807, 2.05) is 31.2 Å². The molecule has 2 aromatic heterocycles. The van der Waals surface area contributed by atoms with Crippen LogP contribution >= 0.6 is 0 Å². The molecule has 5 nitrogen and oxygen atoms in total. The molecule has 0 atom stereocenters. The molecule has 0 radical (unpaired) electrons. The Hall–Kier alpha value is -3.13. The minimum atomic E-state index is -4.36. The molecule has 166 valence electrons. The number of para-hydroxylation sites is 2. The Morgan fingerprint density at radius 2 is 1.75 bits per heavy atom. The Kier molecular flexibility index (Phi) is 5.25. The molecule has 32 heavy (non-hydrogen) atoms. The first-order valence-corrected chi connectivity index (χ1v) is 10.7. The molecule has 0 bridgehead atoms. The van der Waals surface area contributed by atoms with Crippen molar-refractivity contribution in [2.24, 2.45) is 0 Å². The number of aromatic amines is 1. The van der Waals surface area contributed by atoms with E-state index in [1.165, 1.54) is 12.1 Å². The molecular formula is C24H23F3N4O. The van der Waals surface area contributed by atoms with Crippen LogP contribution in [0.3, 0.4) is 0 Å². The number of likely N-dealkylation sites (tertiary alicyclic amines) is 1. The number of benzene rings is 2. The van der Waals surface area contributed by atoms with Gasteiger partial charge in [-0.25, -0.2) is 9.97 Å². The fourth-order valence-electron chi connectivity index (χ4n) is 4.24. The van der Waals surface area contributed by atoms with Crippen LogP contribution in [-0.2, 0) is 12.7 Å². The number of H-pyrrole nitrogens is 1. The van der Waals surface area contributed by atoms with E-state index < -0.39 is 11.7 Å². The molecule has 0 saturated carbocycles. The molecule has 0 aliphatic carbocycles. The van der Waals surface area contributed by atoms with Crippen LogP contribution in [0.4, 0.5) is 13.2 Å². The summed E-state index contributed by atoms with van der Waals surface area (Å²) in [7, 11) is 0. The number of aromatic nitrogens is 3. The molecule has 2 aromatic carbocycles. The minimum absolute atomic E-state index is 0.350. The maximum Gasteiger partial charge on any atom is 0.416 e. The lowest BCUT2D eigenvalue weighted by Gasteiger charge is -2.30. The summed E-state index contributed by atoms with van der Waals surface area (Å²) in [5.74, 6) is 2.50. The first kappa shape index (κ1) is 20.8. The topological polar surface area (TPSA) is 58.0 Å². The van der Waals surface area contributed by atoms with E-state index >= 15 is 0 Å². The smallest absolute Gasteiger partial charge is 0.416 e. The maximum absolute atomic E-state index is 12.8. The number of alkyl halides is 3. The fourth-order valence-corrected chi connectivity index (χ4v) is 4.24. The van der Waals surface area contributed by atoms with Crippen LogP contribution in [0.2, 0.25) is 0 Å². The number of imidazole rings is 1. The van der Waals surface area contributed by atoms with Crippen LogP contribution in [0.25, 0.3) is 22.5 Å². The van der Waals surface area contributed by atoms with Gasteiger partial charge in [0.05, 0.1) is 22.3 Å². The molecule has 1 aliphatic heterocycles. The van der Waals surface area contributed by atoms with Crippen molar-refractivity contribution < 1.29 is 17.6 Å². The van der Waals surface area contributed by atoms with Gasteiger partial charge in [0.2, 0.25) is 5.89 Å². The normalized spacial score (nSPS) is 16.1. The Labute approximate surface area is 183 Å². The number of hydrogen-bond donors (Lipinski definition) is 1. The van der Waals surface area contributed by atoms with Crippen LogP contribution in [0.15, 0.2) is 52.9 Å². The average Bonchev–Trinajstić information content (AvgIpc) is 3.37. The van der Waals surface area contributed by atoms with Gasteiger partial charge >= 0.3 is 6.18 Å². The Balaban J connectivity index is 1.23. The van der Waals surface area contributed by atoms with Crippen molar-refractivity contribution in [2.75, 3.05) is 13.1 Å². The van der Waals surface area contributed by atoms with Crippen molar-refractivity contribution in [1.82, 2.24) is 19.9 Å². The largest absolute Gasteiger partial charge is 0.441 e. The minimum Gasteiger partial charge on any atom is -0.441 e. The third-order valence-electron chi connectivity index (χ3n) is 6.11. The van der Waals surface area contributed by atoms with Gasteiger partial charge < -0.3 is 9.40 Å². The highest BCUT2D eigenvalue weighted by atomic mass is 19.4. The maximum atomic E-state index is 12.8. The van der Waals surface area contributed by atoms with Crippen molar-refractivity contribution in [3.8, 4) is 11.5 Å². The summed E-state index contributed by atoms with van der Waals surface area (Å²) in [6.07, 6.45) is -2.35. The fraction of sp³-hybridized carbons (Fsp3) is 0.333. The van der Waals surface area contributed by atoms with Crippen LogP contribution < -0.4 is 0 Å². The number of nitrogens with zero attached hydrogens (tertiary/aromatic N) is 3. The van der Waals surface area contributed by atoms with E-state index in [-0.39, 0.29) is 0 Å². The zero-order valence-corrected chi connectivity index (χ0v) is 17.6. The van der Waals surface area contributed by atoms with Gasteiger partial charge in [0.15, 0.2) is 0 Å². The SMILES string of the molecule is Cc1oc(-c2ccc(C(F)(F)F)cc2)nc1CN1CCC(c2nc3ccccc3[nH]2)CC1. The van der Waals surface area contributed by atoms with Gasteiger partial charge in [0.1, 0.15) is 11.6 Å². The summed E-state index contributed by atoms with van der Waals surface area (Å²) in [6.45, 7) is 4.34. The van der Waals surface area contributed by atoms with E-state index in [9.17, 15) is 13.2 Å². The van der Waals surface area contributed by atoms with Gasteiger partial charge in [-0.1, -0.05) is 12.1 Å². The molecular weight excluding hydrogens is 417 g/mol. The molecule has 0 amide bonds. The van der Waals surface area contributed by atoms with Crippen LogP contribution in [-0.4, -0.2) is 32.9 Å². The average molecular weight is 440 g/mol. The van der Waals surface area contributed by atoms with Crippen LogP contribution in [0.1, 0.15) is 41.6 Å². The number of fused-ring (bicyclic) bond motifs is 1. The van der Waals surface area contributed by atoms with Crippen LogP contribution in [0.5, 0.6) is 0 Å². The number of hydrogen-bond acceptors (Lipinski definition) is 4. The Morgan fingerprint density at radius 1 is 1.03 bits per heavy atom. The molecule has 1 N–H and O–H groups in total. The van der Waals surface area contributed by atoms with Gasteiger partial charge in [0, 0.05) is 18.0 Å². The highest BCUT2D eigenvalue weighted by molar-refractivity contribution is 5.74. The molecule has 3 heterocycles. The second-order valence-electron chi connectivity index (χ2n) is 8.29. The molecule has 4 aromatic rings. The van der Waals surface area contributed by atoms with Crippen molar-refractivity contribution >= 4 is 11.0 Å².